The standard InChI is InChI=1S/C12H22N3S2.F6P/c1-4-15(5-2)12(16)17-10-6-7-14-9-8-13(3)11-14;1-7(2,3,4,5)6/h8-9,11H,4-7,10H2,1-3H3;/q+1;-1. The van der Waals surface area contributed by atoms with Crippen molar-refractivity contribution in [1.29, 1.82) is 0 Å². The minimum absolute atomic E-state index is 1.01. The molecule has 0 N–H and O–H groups in total. The van der Waals surface area contributed by atoms with Gasteiger partial charge in [0.25, 0.3) is 0 Å². The monoisotopic (exact) mass is 417 g/mol. The van der Waals surface area contributed by atoms with E-state index in [-0.39, 0.29) is 0 Å². The van der Waals surface area contributed by atoms with Crippen molar-refractivity contribution in [1.82, 2.24) is 9.47 Å². The van der Waals surface area contributed by atoms with Crippen molar-refractivity contribution < 1.29 is 29.7 Å². The topological polar surface area (TPSA) is 12.1 Å². The van der Waals surface area contributed by atoms with Crippen molar-refractivity contribution in [2.45, 2.75) is 26.8 Å². The molecule has 0 amide bonds. The third-order valence-corrected chi connectivity index (χ3v) is 4.24. The van der Waals surface area contributed by atoms with E-state index in [2.05, 4.69) is 46.6 Å². The summed E-state index contributed by atoms with van der Waals surface area (Å²) in [6, 6.07) is 0. The van der Waals surface area contributed by atoms with Crippen LogP contribution in [0, 0.1) is 0 Å². The van der Waals surface area contributed by atoms with Gasteiger partial charge in [-0.15, -0.1) is 0 Å². The van der Waals surface area contributed by atoms with Crippen LogP contribution in [0.2, 0.25) is 0 Å². The van der Waals surface area contributed by atoms with E-state index < -0.39 is 7.81 Å². The molecule has 0 aliphatic carbocycles. The van der Waals surface area contributed by atoms with Gasteiger partial charge in [0.2, 0.25) is 6.33 Å². The van der Waals surface area contributed by atoms with Crippen LogP contribution in [0.15, 0.2) is 18.7 Å². The number of hydrogen-bond acceptors (Lipinski definition) is 2. The van der Waals surface area contributed by atoms with Crippen LogP contribution in [-0.4, -0.2) is 32.6 Å². The Hall–Kier alpha value is -0.540. The van der Waals surface area contributed by atoms with Gasteiger partial charge in [-0.3, -0.25) is 0 Å². The molecular weight excluding hydrogens is 395 g/mol. The van der Waals surface area contributed by atoms with E-state index in [0.29, 0.717) is 0 Å². The van der Waals surface area contributed by atoms with Crippen molar-refractivity contribution in [3.05, 3.63) is 18.7 Å². The normalized spacial score (nSPS) is 14.2. The second kappa shape index (κ2) is 8.23. The van der Waals surface area contributed by atoms with E-state index in [1.807, 2.05) is 7.05 Å². The van der Waals surface area contributed by atoms with Crippen molar-refractivity contribution in [2.24, 2.45) is 7.05 Å². The Morgan fingerprint density at radius 2 is 1.67 bits per heavy atom. The summed E-state index contributed by atoms with van der Waals surface area (Å²) in [5, 5.41) is 0. The molecule has 3 nitrogen and oxygen atoms in total. The van der Waals surface area contributed by atoms with Crippen LogP contribution in [0.4, 0.5) is 25.2 Å². The quantitative estimate of drug-likeness (QED) is 0.201. The van der Waals surface area contributed by atoms with E-state index in [0.717, 1.165) is 36.1 Å². The molecule has 24 heavy (non-hydrogen) atoms. The molecule has 0 atom stereocenters. The third-order valence-electron chi connectivity index (χ3n) is 2.63. The number of thiocarbonyl (C=S) groups is 1. The zero-order valence-electron chi connectivity index (χ0n) is 13.6. The molecule has 0 fully saturated rings. The van der Waals surface area contributed by atoms with Gasteiger partial charge in [-0.05, 0) is 20.3 Å². The Bertz CT molecular complexity index is 516. The fraction of sp³-hybridized carbons (Fsp3) is 0.667. The van der Waals surface area contributed by atoms with Gasteiger partial charge in [0.15, 0.2) is 0 Å². The number of nitrogens with zero attached hydrogens (tertiary/aromatic N) is 3. The number of halogens is 6. The van der Waals surface area contributed by atoms with Crippen molar-refractivity contribution in [3.8, 4) is 0 Å². The summed E-state index contributed by atoms with van der Waals surface area (Å²) in [5.41, 5.74) is 0. The Kier molecular flexibility index (Phi) is 8.04. The summed E-state index contributed by atoms with van der Waals surface area (Å²) in [6.07, 6.45) is 7.43. The average molecular weight is 417 g/mol. The summed E-state index contributed by atoms with van der Waals surface area (Å²) in [7, 11) is -8.61. The van der Waals surface area contributed by atoms with Crippen LogP contribution in [-0.2, 0) is 13.6 Å². The van der Waals surface area contributed by atoms with E-state index in [1.165, 1.54) is 0 Å². The van der Waals surface area contributed by atoms with Gasteiger partial charge >= 0.3 is 33.0 Å². The van der Waals surface area contributed by atoms with Gasteiger partial charge in [0.1, 0.15) is 16.7 Å². The fourth-order valence-corrected chi connectivity index (χ4v) is 3.01. The van der Waals surface area contributed by atoms with Crippen molar-refractivity contribution >= 4 is 36.1 Å². The first kappa shape index (κ1) is 23.5. The zero-order chi connectivity index (χ0) is 19.1. The van der Waals surface area contributed by atoms with Gasteiger partial charge in [0.05, 0.1) is 13.6 Å². The molecule has 0 saturated heterocycles. The van der Waals surface area contributed by atoms with Crippen LogP contribution < -0.4 is 4.57 Å². The van der Waals surface area contributed by atoms with E-state index in [4.69, 9.17) is 12.2 Å². The maximum absolute atomic E-state index is 10.7. The second-order valence-corrected chi connectivity index (χ2v) is 8.56. The number of hydrogen-bond donors (Lipinski definition) is 0. The van der Waals surface area contributed by atoms with E-state index in [9.17, 15) is 25.2 Å². The van der Waals surface area contributed by atoms with Crippen LogP contribution >= 0.6 is 31.8 Å². The maximum atomic E-state index is 9.87. The zero-order valence-corrected chi connectivity index (χ0v) is 16.2. The van der Waals surface area contributed by atoms with E-state index in [1.54, 1.807) is 11.8 Å². The van der Waals surface area contributed by atoms with Crippen molar-refractivity contribution in [2.75, 3.05) is 18.8 Å². The molecule has 0 radical (unpaired) electrons. The second-order valence-electron chi connectivity index (χ2n) is 4.92. The first-order chi connectivity index (χ1) is 10.6. The first-order valence-electron chi connectivity index (χ1n) is 7.11. The molecular formula is C12H22F6N3PS2. The molecule has 0 aliphatic heterocycles. The summed E-state index contributed by atoms with van der Waals surface area (Å²) in [4.78, 5) is 2.23. The molecule has 0 bridgehead atoms. The van der Waals surface area contributed by atoms with Gasteiger partial charge in [0, 0.05) is 18.8 Å². The summed E-state index contributed by atoms with van der Waals surface area (Å²) >= 11 is 7.18. The summed E-state index contributed by atoms with van der Waals surface area (Å²) < 4.78 is 64.5. The number of aryl methyl sites for hydroxylation is 2. The van der Waals surface area contributed by atoms with Gasteiger partial charge < -0.3 is 4.90 Å². The molecule has 1 aromatic heterocycles. The molecule has 1 rings (SSSR count). The molecule has 0 aliphatic rings. The van der Waals surface area contributed by atoms with Crippen LogP contribution in [0.1, 0.15) is 20.3 Å². The Morgan fingerprint density at radius 3 is 2.04 bits per heavy atom. The van der Waals surface area contributed by atoms with Crippen LogP contribution in [0.25, 0.3) is 0 Å². The molecule has 0 saturated carbocycles. The minimum atomic E-state index is -10.7. The van der Waals surface area contributed by atoms with Crippen LogP contribution in [0.3, 0.4) is 0 Å². The predicted octanol–water partition coefficient (Wildman–Crippen LogP) is 5.45. The number of aromatic nitrogens is 2. The van der Waals surface area contributed by atoms with Gasteiger partial charge in [-0.2, -0.15) is 0 Å². The number of imidazole rings is 1. The molecule has 1 heterocycles. The molecule has 144 valence electrons. The molecule has 12 heteroatoms. The summed E-state index contributed by atoms with van der Waals surface area (Å²) in [5.74, 6) is 1.09. The number of rotatable bonds is 6. The molecule has 0 spiro atoms. The molecule has 0 unspecified atom stereocenters. The SMILES string of the molecule is CCN(CC)C(=S)SCCCn1cc[n+](C)c1.F[P-](F)(F)(F)(F)F. The number of thioether (sulfide) groups is 1. The average Bonchev–Trinajstić information content (AvgIpc) is 2.78. The predicted molar refractivity (Wildman–Crippen MR) is 91.8 cm³/mol. The Labute approximate surface area is 147 Å². The summed E-state index contributed by atoms with van der Waals surface area (Å²) in [6.45, 7) is 7.38. The van der Waals surface area contributed by atoms with Crippen molar-refractivity contribution in [3.63, 3.8) is 0 Å². The Morgan fingerprint density at radius 1 is 1.17 bits per heavy atom. The Balaban J connectivity index is 0.000000640. The van der Waals surface area contributed by atoms with E-state index >= 15 is 0 Å². The van der Waals surface area contributed by atoms with Gasteiger partial charge in [-0.25, -0.2) is 9.13 Å². The van der Waals surface area contributed by atoms with Gasteiger partial charge in [-0.1, -0.05) is 24.0 Å². The first-order valence-corrected chi connectivity index (χ1v) is 10.5. The van der Waals surface area contributed by atoms with Crippen LogP contribution in [0.5, 0.6) is 0 Å². The third kappa shape index (κ3) is 16.3. The molecule has 1 aromatic rings. The fourth-order valence-electron chi connectivity index (χ4n) is 1.61. The molecule has 0 aromatic carbocycles.